The van der Waals surface area contributed by atoms with Gasteiger partial charge in [-0.1, -0.05) is 29.0 Å². The summed E-state index contributed by atoms with van der Waals surface area (Å²) < 4.78 is 11.1. The van der Waals surface area contributed by atoms with Crippen molar-refractivity contribution in [2.75, 3.05) is 25.5 Å². The molecule has 1 aromatic carbocycles. The molecule has 152 valence electrons. The molecule has 9 nitrogen and oxygen atoms in total. The predicted molar refractivity (Wildman–Crippen MR) is 109 cm³/mol. The molecule has 0 aliphatic carbocycles. The highest BCUT2D eigenvalue weighted by Crippen LogP contribution is 2.29. The Bertz CT molecular complexity index is 1010. The molecule has 0 radical (unpaired) electrons. The molecule has 29 heavy (non-hydrogen) atoms. The number of hydrogen-bond acceptors (Lipinski definition) is 9. The second-order valence-electron chi connectivity index (χ2n) is 6.26. The highest BCUT2D eigenvalue weighted by molar-refractivity contribution is 7.22. The minimum Gasteiger partial charge on any atom is -0.490 e. The van der Waals surface area contributed by atoms with Crippen LogP contribution in [0.4, 0.5) is 9.93 Å². The van der Waals surface area contributed by atoms with E-state index in [1.54, 1.807) is 17.2 Å². The summed E-state index contributed by atoms with van der Waals surface area (Å²) in [4.78, 5) is 30.6. The van der Waals surface area contributed by atoms with Gasteiger partial charge in [-0.2, -0.15) is 4.98 Å². The first-order valence-corrected chi connectivity index (χ1v) is 10.1. The molecule has 3 aromatic rings. The largest absolute Gasteiger partial charge is 0.490 e. The normalized spacial score (nSPS) is 15.2. The van der Waals surface area contributed by atoms with Crippen molar-refractivity contribution in [2.24, 2.45) is 0 Å². The summed E-state index contributed by atoms with van der Waals surface area (Å²) in [6.07, 6.45) is 2.29. The summed E-state index contributed by atoms with van der Waals surface area (Å²) >= 11 is 7.20. The minimum atomic E-state index is -0.606. The number of rotatable bonds is 5. The lowest BCUT2D eigenvalue weighted by Gasteiger charge is -2.30. The molecule has 3 heterocycles. The fourth-order valence-corrected chi connectivity index (χ4v) is 3.90. The van der Waals surface area contributed by atoms with Crippen LogP contribution < -0.4 is 14.8 Å². The highest BCUT2D eigenvalue weighted by Gasteiger charge is 2.24. The van der Waals surface area contributed by atoms with Crippen molar-refractivity contribution < 1.29 is 19.1 Å². The third-order valence-electron chi connectivity index (χ3n) is 4.28. The van der Waals surface area contributed by atoms with Gasteiger partial charge in [0.2, 0.25) is 5.88 Å². The molecule has 1 aliphatic rings. The van der Waals surface area contributed by atoms with Crippen molar-refractivity contribution in [3.05, 3.63) is 35.6 Å². The quantitative estimate of drug-likeness (QED) is 0.646. The summed E-state index contributed by atoms with van der Waals surface area (Å²) in [7, 11) is 1.50. The van der Waals surface area contributed by atoms with Crippen LogP contribution in [0.2, 0.25) is 5.02 Å². The summed E-state index contributed by atoms with van der Waals surface area (Å²) in [5.74, 6) is 1.10. The second kappa shape index (κ2) is 8.76. The lowest BCUT2D eigenvalue weighted by atomic mass is 10.1. The molecule has 11 heteroatoms. The third kappa shape index (κ3) is 4.84. The van der Waals surface area contributed by atoms with Gasteiger partial charge in [-0.05, 0) is 18.2 Å². The van der Waals surface area contributed by atoms with Gasteiger partial charge < -0.3 is 14.3 Å². The molecule has 1 aliphatic heterocycles. The standard InChI is InChI=1S/C18H18ClN5O4S/c1-26-15-14-16(21-10-20-15)29-17(22-14)23-18(25)28-24-7-5-12(6-8-24)27-13-4-2-3-11(19)9-13/h2-4,9-10,12H,5-8H2,1H3,(H,22,23,25). The van der Waals surface area contributed by atoms with E-state index in [1.165, 1.54) is 24.8 Å². The zero-order valence-corrected chi connectivity index (χ0v) is 17.1. The van der Waals surface area contributed by atoms with E-state index < -0.39 is 6.09 Å². The van der Waals surface area contributed by atoms with Crippen LogP contribution in [0, 0.1) is 0 Å². The number of carbonyl (C=O) groups excluding carboxylic acids is 1. The Hall–Kier alpha value is -2.69. The first-order chi connectivity index (χ1) is 14.1. The maximum atomic E-state index is 12.2. The molecule has 1 amide bonds. The minimum absolute atomic E-state index is 0.0479. The number of thiazole rings is 1. The lowest BCUT2D eigenvalue weighted by Crippen LogP contribution is -2.40. The maximum absolute atomic E-state index is 12.2. The molecule has 1 saturated heterocycles. The van der Waals surface area contributed by atoms with Gasteiger partial charge in [0.15, 0.2) is 15.5 Å². The number of halogens is 1. The van der Waals surface area contributed by atoms with Crippen LogP contribution >= 0.6 is 22.9 Å². The number of anilines is 1. The van der Waals surface area contributed by atoms with Crippen molar-refractivity contribution in [1.29, 1.82) is 0 Å². The number of piperidine rings is 1. The zero-order chi connectivity index (χ0) is 20.2. The van der Waals surface area contributed by atoms with Gasteiger partial charge in [-0.3, -0.25) is 5.32 Å². The van der Waals surface area contributed by atoms with Gasteiger partial charge in [-0.15, -0.1) is 5.06 Å². The first kappa shape index (κ1) is 19.6. The fourth-order valence-electron chi connectivity index (χ4n) is 2.94. The van der Waals surface area contributed by atoms with Gasteiger partial charge in [0.05, 0.1) is 7.11 Å². The van der Waals surface area contributed by atoms with Crippen molar-refractivity contribution in [3.8, 4) is 11.6 Å². The van der Waals surface area contributed by atoms with Crippen LogP contribution in [0.15, 0.2) is 30.6 Å². The molecule has 1 N–H and O–H groups in total. The Labute approximate surface area is 175 Å². The van der Waals surface area contributed by atoms with Crippen LogP contribution in [0.1, 0.15) is 12.8 Å². The number of benzene rings is 1. The fraction of sp³-hybridized carbons (Fsp3) is 0.333. The lowest BCUT2D eigenvalue weighted by molar-refractivity contribution is -0.119. The molecule has 0 atom stereocenters. The molecule has 4 rings (SSSR count). The number of hydrogen-bond donors (Lipinski definition) is 1. The molecular formula is C18H18ClN5O4S. The molecule has 0 saturated carbocycles. The van der Waals surface area contributed by atoms with E-state index in [4.69, 9.17) is 25.9 Å². The summed E-state index contributed by atoms with van der Waals surface area (Å²) in [6.45, 7) is 1.13. The molecule has 0 spiro atoms. The van der Waals surface area contributed by atoms with Gasteiger partial charge in [-0.25, -0.2) is 14.8 Å². The number of ether oxygens (including phenoxy) is 2. The average Bonchev–Trinajstić information content (AvgIpc) is 3.11. The number of nitrogens with zero attached hydrogens (tertiary/aromatic N) is 4. The van der Waals surface area contributed by atoms with Gasteiger partial charge in [0.25, 0.3) is 0 Å². The number of methoxy groups -OCH3 is 1. The topological polar surface area (TPSA) is 98.7 Å². The van der Waals surface area contributed by atoms with E-state index in [2.05, 4.69) is 20.3 Å². The maximum Gasteiger partial charge on any atom is 0.432 e. The van der Waals surface area contributed by atoms with Crippen molar-refractivity contribution in [1.82, 2.24) is 20.0 Å². The number of aromatic nitrogens is 3. The Balaban J connectivity index is 1.28. The predicted octanol–water partition coefficient (Wildman–Crippen LogP) is 3.76. The van der Waals surface area contributed by atoms with Crippen LogP contribution in [-0.2, 0) is 4.84 Å². The Morgan fingerprint density at radius 2 is 2.14 bits per heavy atom. The second-order valence-corrected chi connectivity index (χ2v) is 7.68. The number of nitrogens with one attached hydrogen (secondary N) is 1. The smallest absolute Gasteiger partial charge is 0.432 e. The van der Waals surface area contributed by atoms with Crippen molar-refractivity contribution in [2.45, 2.75) is 18.9 Å². The van der Waals surface area contributed by atoms with Crippen LogP contribution in [0.5, 0.6) is 11.6 Å². The monoisotopic (exact) mass is 435 g/mol. The van der Waals surface area contributed by atoms with Gasteiger partial charge in [0, 0.05) is 31.0 Å². The summed E-state index contributed by atoms with van der Waals surface area (Å²) in [5, 5.41) is 5.24. The van der Waals surface area contributed by atoms with E-state index in [0.29, 0.717) is 39.5 Å². The van der Waals surface area contributed by atoms with Crippen LogP contribution in [-0.4, -0.2) is 52.4 Å². The first-order valence-electron chi connectivity index (χ1n) is 8.92. The summed E-state index contributed by atoms with van der Waals surface area (Å²) in [5.41, 5.74) is 0.495. The van der Waals surface area contributed by atoms with E-state index in [0.717, 1.165) is 18.6 Å². The number of amides is 1. The SMILES string of the molecule is COc1ncnc2sc(NC(=O)ON3CCC(Oc4cccc(Cl)c4)CC3)nc12. The van der Waals surface area contributed by atoms with E-state index in [-0.39, 0.29) is 6.10 Å². The molecular weight excluding hydrogens is 418 g/mol. The van der Waals surface area contributed by atoms with Crippen LogP contribution in [0.3, 0.4) is 0 Å². The number of carbonyl (C=O) groups is 1. The Morgan fingerprint density at radius 1 is 1.31 bits per heavy atom. The molecule has 0 bridgehead atoms. The molecule has 1 fully saturated rings. The number of fused-ring (bicyclic) bond motifs is 1. The zero-order valence-electron chi connectivity index (χ0n) is 15.5. The van der Waals surface area contributed by atoms with Crippen LogP contribution in [0.25, 0.3) is 10.3 Å². The average molecular weight is 436 g/mol. The van der Waals surface area contributed by atoms with Gasteiger partial charge >= 0.3 is 6.09 Å². The van der Waals surface area contributed by atoms with Crippen molar-refractivity contribution >= 4 is 44.5 Å². The molecule has 0 unspecified atom stereocenters. The third-order valence-corrected chi connectivity index (χ3v) is 5.39. The Morgan fingerprint density at radius 3 is 2.90 bits per heavy atom. The number of hydroxylamine groups is 2. The van der Waals surface area contributed by atoms with Crippen molar-refractivity contribution in [3.63, 3.8) is 0 Å². The van der Waals surface area contributed by atoms with E-state index >= 15 is 0 Å². The van der Waals surface area contributed by atoms with E-state index in [1.807, 2.05) is 12.1 Å². The van der Waals surface area contributed by atoms with Gasteiger partial charge in [0.1, 0.15) is 18.2 Å². The van der Waals surface area contributed by atoms with E-state index in [9.17, 15) is 4.79 Å². The Kier molecular flexibility index (Phi) is 5.93. The summed E-state index contributed by atoms with van der Waals surface area (Å²) in [6, 6.07) is 7.32. The molecule has 2 aromatic heterocycles. The highest BCUT2D eigenvalue weighted by atomic mass is 35.5.